The van der Waals surface area contributed by atoms with Crippen molar-refractivity contribution in [2.75, 3.05) is 6.61 Å². The molecule has 3 fully saturated rings. The van der Waals surface area contributed by atoms with Crippen molar-refractivity contribution >= 4 is 67.0 Å². The van der Waals surface area contributed by atoms with Crippen LogP contribution in [0.3, 0.4) is 0 Å². The molecular weight excluding hydrogens is 628 g/mol. The summed E-state index contributed by atoms with van der Waals surface area (Å²) in [6.45, 7) is 9.01. The van der Waals surface area contributed by atoms with Crippen LogP contribution in [-0.4, -0.2) is 50.2 Å². The number of rotatable bonds is 6. The van der Waals surface area contributed by atoms with Gasteiger partial charge in [-0.1, -0.05) is 78.1 Å². The van der Waals surface area contributed by atoms with Gasteiger partial charge in [-0.3, -0.25) is 19.2 Å². The van der Waals surface area contributed by atoms with Gasteiger partial charge < -0.3 is 9.47 Å². The maximum atomic E-state index is 14.0. The van der Waals surface area contributed by atoms with E-state index in [9.17, 15) is 19.2 Å². The second-order valence-electron chi connectivity index (χ2n) is 11.5. The Morgan fingerprint density at radius 2 is 1.81 bits per heavy atom. The first-order valence-electron chi connectivity index (χ1n) is 13.0. The molecule has 0 heterocycles. The summed E-state index contributed by atoms with van der Waals surface area (Å²) in [5, 5.41) is -0.457. The predicted octanol–water partition coefficient (Wildman–Crippen LogP) is 5.86. The fourth-order valence-corrected chi connectivity index (χ4v) is 11.3. The molecule has 0 spiro atoms. The maximum Gasteiger partial charge on any atom is 0.306 e. The van der Waals surface area contributed by atoms with E-state index in [4.69, 9.17) is 21.1 Å². The highest BCUT2D eigenvalue weighted by Gasteiger charge is 2.77. The number of esters is 2. The minimum atomic E-state index is -1.47. The molecule has 37 heavy (non-hydrogen) atoms. The number of alkyl halides is 3. The van der Waals surface area contributed by atoms with E-state index in [1.165, 1.54) is 0 Å². The largest absolute Gasteiger partial charge is 0.457 e. The lowest BCUT2D eigenvalue weighted by molar-refractivity contribution is -0.195. The van der Waals surface area contributed by atoms with Gasteiger partial charge in [-0.15, -0.1) is 11.6 Å². The van der Waals surface area contributed by atoms with E-state index in [0.717, 1.165) is 5.57 Å². The van der Waals surface area contributed by atoms with Crippen LogP contribution in [0.5, 0.6) is 0 Å². The van der Waals surface area contributed by atoms with Crippen LogP contribution in [0.1, 0.15) is 66.7 Å². The quantitative estimate of drug-likeness (QED) is 0.262. The Morgan fingerprint density at radius 1 is 1.16 bits per heavy atom. The van der Waals surface area contributed by atoms with Crippen molar-refractivity contribution in [1.82, 2.24) is 0 Å². The Labute approximate surface area is 240 Å². The average molecular weight is 663 g/mol. The van der Waals surface area contributed by atoms with E-state index in [0.29, 0.717) is 19.3 Å². The monoisotopic (exact) mass is 660 g/mol. The van der Waals surface area contributed by atoms with Gasteiger partial charge in [0.2, 0.25) is 5.78 Å². The fraction of sp³-hybridized carbons (Fsp3) is 0.714. The topological polar surface area (TPSA) is 86.7 Å². The van der Waals surface area contributed by atoms with Crippen molar-refractivity contribution < 1.29 is 28.7 Å². The van der Waals surface area contributed by atoms with Crippen molar-refractivity contribution in [3.63, 3.8) is 0 Å². The van der Waals surface area contributed by atoms with Crippen LogP contribution in [0.4, 0.5) is 0 Å². The molecule has 0 radical (unpaired) electrons. The molecule has 9 atom stereocenters. The van der Waals surface area contributed by atoms with Crippen molar-refractivity contribution in [3.05, 3.63) is 23.8 Å². The molecule has 4 aliphatic carbocycles. The van der Waals surface area contributed by atoms with Crippen molar-refractivity contribution in [3.8, 4) is 0 Å². The molecule has 204 valence electrons. The summed E-state index contributed by atoms with van der Waals surface area (Å²) in [5.74, 6) is -1.74. The van der Waals surface area contributed by atoms with Crippen LogP contribution < -0.4 is 0 Å². The summed E-state index contributed by atoms with van der Waals surface area (Å²) in [6, 6.07) is 0. The second kappa shape index (κ2) is 9.88. The van der Waals surface area contributed by atoms with Gasteiger partial charge in [0.05, 0.1) is 9.70 Å². The molecular formula is C28H35Br2ClO6. The highest BCUT2D eigenvalue weighted by Crippen LogP contribution is 2.74. The second-order valence-corrected chi connectivity index (χ2v) is 14.5. The van der Waals surface area contributed by atoms with Gasteiger partial charge in [-0.05, 0) is 43.3 Å². The first-order valence-corrected chi connectivity index (χ1v) is 15.2. The summed E-state index contributed by atoms with van der Waals surface area (Å²) in [4.78, 5) is 51.0. The highest BCUT2D eigenvalue weighted by atomic mass is 79.9. The minimum absolute atomic E-state index is 0.0192. The summed E-state index contributed by atoms with van der Waals surface area (Å²) < 4.78 is 10.8. The van der Waals surface area contributed by atoms with Crippen molar-refractivity contribution in [2.45, 2.75) is 86.9 Å². The van der Waals surface area contributed by atoms with Crippen molar-refractivity contribution in [2.24, 2.45) is 28.6 Å². The summed E-state index contributed by atoms with van der Waals surface area (Å²) in [5.41, 5.74) is -1.73. The van der Waals surface area contributed by atoms with Crippen LogP contribution in [0, 0.1) is 28.6 Å². The number of ketones is 2. The molecule has 0 aliphatic heterocycles. The lowest BCUT2D eigenvalue weighted by Crippen LogP contribution is -2.70. The molecule has 0 amide bonds. The van der Waals surface area contributed by atoms with E-state index in [1.54, 1.807) is 26.0 Å². The molecule has 0 saturated heterocycles. The zero-order chi connectivity index (χ0) is 27.6. The lowest BCUT2D eigenvalue weighted by atomic mass is 9.46. The molecule has 9 heteroatoms. The molecule has 6 nitrogen and oxygen atoms in total. The van der Waals surface area contributed by atoms with Gasteiger partial charge in [-0.2, -0.15) is 0 Å². The Bertz CT molecular complexity index is 1090. The van der Waals surface area contributed by atoms with Gasteiger partial charge in [-0.25, -0.2) is 0 Å². The molecule has 3 saturated carbocycles. The zero-order valence-corrected chi connectivity index (χ0v) is 25.9. The Kier molecular flexibility index (Phi) is 7.75. The van der Waals surface area contributed by atoms with E-state index >= 15 is 0 Å². The van der Waals surface area contributed by atoms with Crippen molar-refractivity contribution in [1.29, 1.82) is 0 Å². The Morgan fingerprint density at radius 3 is 2.43 bits per heavy atom. The standard InChI is InChI=1S/C28H35Br2ClO6/c1-6-22(34)36-14-21(33)28(37-23(35)7-2)15(3)10-18-24-19(29)12-16-11-17(32)8-9-25(16,4)27(24,30)20(31)13-26(18,28)5/h8-9,11,15,18-20,24H,6-7,10,12-14H2,1-5H3/t15-,18+,19-,20+,24-,25+,26+,27-,28-/m1/s1. The smallest absolute Gasteiger partial charge is 0.306 e. The maximum absolute atomic E-state index is 14.0. The van der Waals surface area contributed by atoms with E-state index < -0.39 is 50.5 Å². The van der Waals surface area contributed by atoms with Crippen LogP contribution in [0.15, 0.2) is 23.8 Å². The van der Waals surface area contributed by atoms with Gasteiger partial charge in [0.25, 0.3) is 0 Å². The van der Waals surface area contributed by atoms with Crippen LogP contribution in [0.2, 0.25) is 0 Å². The number of ether oxygens (including phenoxy) is 2. The molecule has 4 rings (SSSR count). The fourth-order valence-electron chi connectivity index (χ4n) is 7.88. The molecule has 0 bridgehead atoms. The number of hydrogen-bond acceptors (Lipinski definition) is 6. The summed E-state index contributed by atoms with van der Waals surface area (Å²) in [6.07, 6.45) is 7.30. The highest BCUT2D eigenvalue weighted by molar-refractivity contribution is 9.10. The van der Waals surface area contributed by atoms with Crippen LogP contribution in [-0.2, 0) is 28.7 Å². The third-order valence-corrected chi connectivity index (χ3v) is 13.3. The number of carbonyl (C=O) groups is 4. The van der Waals surface area contributed by atoms with Crippen LogP contribution >= 0.6 is 43.5 Å². The summed E-state index contributed by atoms with van der Waals surface area (Å²) in [7, 11) is 0. The zero-order valence-electron chi connectivity index (χ0n) is 21.9. The molecule has 0 aromatic rings. The number of carbonyl (C=O) groups excluding carboxylic acids is 4. The molecule has 0 unspecified atom stereocenters. The molecule has 0 aromatic heterocycles. The molecule has 4 aliphatic rings. The number of allylic oxidation sites excluding steroid dienone is 4. The van der Waals surface area contributed by atoms with Gasteiger partial charge >= 0.3 is 11.9 Å². The first-order chi connectivity index (χ1) is 17.2. The third kappa shape index (κ3) is 3.97. The van der Waals surface area contributed by atoms with Gasteiger partial charge in [0.1, 0.15) is 0 Å². The number of halogens is 3. The van der Waals surface area contributed by atoms with E-state index in [2.05, 4.69) is 38.8 Å². The lowest BCUT2D eigenvalue weighted by Gasteiger charge is -2.65. The predicted molar refractivity (Wildman–Crippen MR) is 148 cm³/mol. The molecule has 0 N–H and O–H groups in total. The summed E-state index contributed by atoms with van der Waals surface area (Å²) >= 11 is 15.4. The third-order valence-electron chi connectivity index (χ3n) is 9.74. The first kappa shape index (κ1) is 29.0. The normalized spacial score (nSPS) is 44.3. The molecule has 0 aromatic carbocycles. The number of Topliss-reactive ketones (excluding diaryl/α,β-unsaturated/α-hetero) is 1. The average Bonchev–Trinajstić information content (AvgIpc) is 3.05. The van der Waals surface area contributed by atoms with Crippen LogP contribution in [0.25, 0.3) is 0 Å². The Hall–Kier alpha value is -0.990. The van der Waals surface area contributed by atoms with E-state index in [1.807, 2.05) is 19.9 Å². The van der Waals surface area contributed by atoms with Gasteiger partial charge in [0.15, 0.2) is 18.0 Å². The number of fused-ring (bicyclic) bond motifs is 5. The Balaban J connectivity index is 1.84. The number of hydrogen-bond donors (Lipinski definition) is 0. The minimum Gasteiger partial charge on any atom is -0.457 e. The SMILES string of the molecule is CCC(=O)OCC(=O)[C@]1(OC(=O)CC)[C@H](C)C[C@H]2[C@@H]3[C@H](Br)CC4=CC(=O)C=C[C@]4(C)[C@@]3(Br)[C@@H](Cl)C[C@@]21C. The van der Waals surface area contributed by atoms with E-state index in [-0.39, 0.29) is 41.2 Å². The van der Waals surface area contributed by atoms with Gasteiger partial charge in [0, 0.05) is 34.4 Å².